The first-order valence-corrected chi connectivity index (χ1v) is 8.11. The molecular formula is C16H19BrN2O2. The zero-order valence-corrected chi connectivity index (χ0v) is 13.9. The first kappa shape index (κ1) is 14.6. The van der Waals surface area contributed by atoms with Crippen molar-refractivity contribution >= 4 is 32.9 Å². The van der Waals surface area contributed by atoms with Gasteiger partial charge in [0.15, 0.2) is 0 Å². The van der Waals surface area contributed by atoms with Crippen molar-refractivity contribution in [3.8, 4) is 0 Å². The Morgan fingerprint density at radius 3 is 2.81 bits per heavy atom. The monoisotopic (exact) mass is 350 g/mol. The molecule has 3 rings (SSSR count). The Kier molecular flexibility index (Phi) is 4.02. The highest BCUT2D eigenvalue weighted by Crippen LogP contribution is 2.38. The molecule has 1 saturated carbocycles. The summed E-state index contributed by atoms with van der Waals surface area (Å²) in [5.41, 5.74) is 1.95. The molecule has 0 N–H and O–H groups in total. The molecule has 1 aliphatic rings. The molecule has 1 aromatic carbocycles. The normalized spacial score (nSPS) is 17.3. The second kappa shape index (κ2) is 5.79. The van der Waals surface area contributed by atoms with Gasteiger partial charge in [-0.3, -0.25) is 4.79 Å². The van der Waals surface area contributed by atoms with Crippen LogP contribution in [0.15, 0.2) is 22.7 Å². The van der Waals surface area contributed by atoms with Crippen LogP contribution in [0.4, 0.5) is 0 Å². The van der Waals surface area contributed by atoms with E-state index in [0.29, 0.717) is 5.92 Å². The summed E-state index contributed by atoms with van der Waals surface area (Å²) in [6, 6.07) is 6.01. The number of imidazole rings is 1. The van der Waals surface area contributed by atoms with Crippen molar-refractivity contribution in [1.82, 2.24) is 9.55 Å². The van der Waals surface area contributed by atoms with Crippen molar-refractivity contribution in [2.75, 3.05) is 7.11 Å². The van der Waals surface area contributed by atoms with Crippen LogP contribution in [0.5, 0.6) is 0 Å². The largest absolute Gasteiger partial charge is 0.468 e. The SMILES string of the molecule is COC(=O)C(c1nc2cc(Br)ccc2n1C)C1CCCC1. The summed E-state index contributed by atoms with van der Waals surface area (Å²) in [7, 11) is 3.44. The third-order valence-corrected chi connectivity index (χ3v) is 4.98. The molecule has 4 nitrogen and oxygen atoms in total. The van der Waals surface area contributed by atoms with E-state index in [1.807, 2.05) is 29.8 Å². The number of carbonyl (C=O) groups is 1. The van der Waals surface area contributed by atoms with Gasteiger partial charge < -0.3 is 9.30 Å². The lowest BCUT2D eigenvalue weighted by molar-refractivity contribution is -0.144. The van der Waals surface area contributed by atoms with Crippen LogP contribution in [-0.4, -0.2) is 22.6 Å². The number of benzene rings is 1. The number of fused-ring (bicyclic) bond motifs is 1. The number of carbonyl (C=O) groups excluding carboxylic acids is 1. The fraction of sp³-hybridized carbons (Fsp3) is 0.500. The Morgan fingerprint density at radius 2 is 2.14 bits per heavy atom. The lowest BCUT2D eigenvalue weighted by atomic mass is 9.90. The molecule has 1 heterocycles. The minimum atomic E-state index is -0.256. The van der Waals surface area contributed by atoms with E-state index in [9.17, 15) is 4.79 Å². The van der Waals surface area contributed by atoms with Gasteiger partial charge in [0.25, 0.3) is 0 Å². The first-order valence-electron chi connectivity index (χ1n) is 7.31. The van der Waals surface area contributed by atoms with Crippen LogP contribution in [0.3, 0.4) is 0 Å². The molecule has 0 spiro atoms. The van der Waals surface area contributed by atoms with Crippen LogP contribution in [0.25, 0.3) is 11.0 Å². The van der Waals surface area contributed by atoms with Crippen LogP contribution in [0, 0.1) is 5.92 Å². The average molecular weight is 351 g/mol. The topological polar surface area (TPSA) is 44.1 Å². The van der Waals surface area contributed by atoms with Crippen molar-refractivity contribution in [3.63, 3.8) is 0 Å². The predicted octanol–water partition coefficient (Wildman–Crippen LogP) is 3.78. The van der Waals surface area contributed by atoms with E-state index in [1.165, 1.54) is 20.0 Å². The molecule has 0 amide bonds. The number of esters is 1. The van der Waals surface area contributed by atoms with E-state index in [0.717, 1.165) is 34.2 Å². The Morgan fingerprint density at radius 1 is 1.43 bits per heavy atom. The van der Waals surface area contributed by atoms with E-state index in [1.54, 1.807) is 0 Å². The molecule has 1 fully saturated rings. The van der Waals surface area contributed by atoms with E-state index in [-0.39, 0.29) is 11.9 Å². The number of halogens is 1. The molecule has 5 heteroatoms. The van der Waals surface area contributed by atoms with Crippen molar-refractivity contribution in [3.05, 3.63) is 28.5 Å². The summed E-state index contributed by atoms with van der Waals surface area (Å²) < 4.78 is 8.08. The van der Waals surface area contributed by atoms with Crippen LogP contribution in [-0.2, 0) is 16.6 Å². The Labute approximate surface area is 132 Å². The van der Waals surface area contributed by atoms with E-state index >= 15 is 0 Å². The van der Waals surface area contributed by atoms with Gasteiger partial charge in [0.05, 0.1) is 18.1 Å². The lowest BCUT2D eigenvalue weighted by Gasteiger charge is -2.20. The molecule has 0 bridgehead atoms. The molecule has 21 heavy (non-hydrogen) atoms. The number of aryl methyl sites for hydroxylation is 1. The molecule has 0 aliphatic heterocycles. The maximum Gasteiger partial charge on any atom is 0.316 e. The van der Waals surface area contributed by atoms with Gasteiger partial charge >= 0.3 is 5.97 Å². The molecule has 1 aromatic heterocycles. The molecule has 0 saturated heterocycles. The Hall–Kier alpha value is -1.36. The molecule has 112 valence electrons. The summed E-state index contributed by atoms with van der Waals surface area (Å²) in [5, 5.41) is 0. The van der Waals surface area contributed by atoms with E-state index in [4.69, 9.17) is 9.72 Å². The number of hydrogen-bond acceptors (Lipinski definition) is 3. The van der Waals surface area contributed by atoms with Crippen molar-refractivity contribution in [2.24, 2.45) is 13.0 Å². The zero-order valence-electron chi connectivity index (χ0n) is 12.3. The molecule has 1 unspecified atom stereocenters. The van der Waals surface area contributed by atoms with Crippen LogP contribution < -0.4 is 0 Å². The second-order valence-electron chi connectivity index (χ2n) is 5.71. The van der Waals surface area contributed by atoms with Crippen LogP contribution in [0.2, 0.25) is 0 Å². The van der Waals surface area contributed by atoms with Gasteiger partial charge in [0.1, 0.15) is 11.7 Å². The minimum absolute atomic E-state index is 0.167. The quantitative estimate of drug-likeness (QED) is 0.791. The summed E-state index contributed by atoms with van der Waals surface area (Å²) in [4.78, 5) is 17.0. The summed E-state index contributed by atoms with van der Waals surface area (Å²) in [5.74, 6) is 0.742. The summed E-state index contributed by atoms with van der Waals surface area (Å²) >= 11 is 3.47. The fourth-order valence-electron chi connectivity index (χ4n) is 3.40. The van der Waals surface area contributed by atoms with Gasteiger partial charge in [-0.05, 0) is 37.0 Å². The Balaban J connectivity index is 2.10. The van der Waals surface area contributed by atoms with Gasteiger partial charge in [-0.15, -0.1) is 0 Å². The lowest BCUT2D eigenvalue weighted by Crippen LogP contribution is -2.24. The molecule has 2 aromatic rings. The number of nitrogens with zero attached hydrogens (tertiary/aromatic N) is 2. The van der Waals surface area contributed by atoms with Gasteiger partial charge in [-0.25, -0.2) is 4.98 Å². The maximum atomic E-state index is 12.3. The van der Waals surface area contributed by atoms with Gasteiger partial charge in [0, 0.05) is 11.5 Å². The van der Waals surface area contributed by atoms with Crippen LogP contribution in [0.1, 0.15) is 37.4 Å². The molecule has 1 atom stereocenters. The van der Waals surface area contributed by atoms with Crippen molar-refractivity contribution < 1.29 is 9.53 Å². The highest BCUT2D eigenvalue weighted by molar-refractivity contribution is 9.10. The number of hydrogen-bond donors (Lipinski definition) is 0. The highest BCUT2D eigenvalue weighted by Gasteiger charge is 2.36. The average Bonchev–Trinajstić information content (AvgIpc) is 3.09. The number of aromatic nitrogens is 2. The number of ether oxygens (including phenoxy) is 1. The maximum absolute atomic E-state index is 12.3. The third-order valence-electron chi connectivity index (χ3n) is 4.48. The fourth-order valence-corrected chi connectivity index (χ4v) is 3.75. The van der Waals surface area contributed by atoms with E-state index < -0.39 is 0 Å². The summed E-state index contributed by atoms with van der Waals surface area (Å²) in [6.07, 6.45) is 4.53. The van der Waals surface area contributed by atoms with Gasteiger partial charge in [0.2, 0.25) is 0 Å². The summed E-state index contributed by atoms with van der Waals surface area (Å²) in [6.45, 7) is 0. The van der Waals surface area contributed by atoms with Gasteiger partial charge in [-0.1, -0.05) is 28.8 Å². The first-order chi connectivity index (χ1) is 10.1. The number of methoxy groups -OCH3 is 1. The smallest absolute Gasteiger partial charge is 0.316 e. The molecule has 0 radical (unpaired) electrons. The third kappa shape index (κ3) is 2.59. The van der Waals surface area contributed by atoms with E-state index in [2.05, 4.69) is 15.9 Å². The minimum Gasteiger partial charge on any atom is -0.468 e. The Bertz CT molecular complexity index is 674. The standard InChI is InChI=1S/C16H19BrN2O2/c1-19-13-8-7-11(17)9-12(13)18-15(19)14(16(20)21-2)10-5-3-4-6-10/h7-10,14H,3-6H2,1-2H3. The van der Waals surface area contributed by atoms with Crippen LogP contribution >= 0.6 is 15.9 Å². The van der Waals surface area contributed by atoms with Crippen molar-refractivity contribution in [2.45, 2.75) is 31.6 Å². The second-order valence-corrected chi connectivity index (χ2v) is 6.62. The molecule has 1 aliphatic carbocycles. The zero-order chi connectivity index (χ0) is 15.0. The van der Waals surface area contributed by atoms with Crippen molar-refractivity contribution in [1.29, 1.82) is 0 Å². The highest BCUT2D eigenvalue weighted by atomic mass is 79.9. The van der Waals surface area contributed by atoms with Gasteiger partial charge in [-0.2, -0.15) is 0 Å². The predicted molar refractivity (Wildman–Crippen MR) is 85.1 cm³/mol. The molecular weight excluding hydrogens is 332 g/mol. The number of rotatable bonds is 3.